The van der Waals surface area contributed by atoms with E-state index in [9.17, 15) is 19.2 Å². The van der Waals surface area contributed by atoms with E-state index in [1.54, 1.807) is 29.6 Å². The van der Waals surface area contributed by atoms with Gasteiger partial charge in [0.1, 0.15) is 11.5 Å². The molecular formula is C23H18O8S. The third-order valence-electron chi connectivity index (χ3n) is 5.04. The number of carbonyl (C=O) groups excluding carboxylic acids is 4. The predicted octanol–water partition coefficient (Wildman–Crippen LogP) is 3.82. The Balaban J connectivity index is 2.08. The molecule has 32 heavy (non-hydrogen) atoms. The first kappa shape index (κ1) is 21.5. The summed E-state index contributed by atoms with van der Waals surface area (Å²) in [5.41, 5.74) is 0.972. The molecule has 0 radical (unpaired) electrons. The van der Waals surface area contributed by atoms with E-state index in [0.29, 0.717) is 15.6 Å². The number of esters is 2. The van der Waals surface area contributed by atoms with Crippen molar-refractivity contribution < 1.29 is 38.1 Å². The second-order valence-corrected chi connectivity index (χ2v) is 7.85. The van der Waals surface area contributed by atoms with Crippen molar-refractivity contribution in [2.45, 2.75) is 20.1 Å². The van der Waals surface area contributed by atoms with Crippen molar-refractivity contribution in [3.05, 3.63) is 57.5 Å². The molecule has 4 rings (SSSR count). The molecule has 1 aliphatic rings. The summed E-state index contributed by atoms with van der Waals surface area (Å²) >= 11 is 1.18. The summed E-state index contributed by atoms with van der Waals surface area (Å²) in [7, 11) is 2.77. The van der Waals surface area contributed by atoms with Gasteiger partial charge in [-0.3, -0.25) is 19.2 Å². The fraction of sp³-hybridized carbons (Fsp3) is 0.217. The van der Waals surface area contributed by atoms with Gasteiger partial charge in [-0.1, -0.05) is 24.3 Å². The van der Waals surface area contributed by atoms with E-state index in [-0.39, 0.29) is 39.5 Å². The van der Waals surface area contributed by atoms with E-state index in [4.69, 9.17) is 18.9 Å². The number of methoxy groups -OCH3 is 2. The number of benzene rings is 2. The standard InChI is InChI=1S/C23H18O8S/c1-10(24)30-23(31-11(2)25)14-9-32-22-15(14)20(28-3)16-17(21(22)29-4)19(27)13-8-6-5-7-12(13)18(16)26/h5-9,23H,1-4H3. The summed E-state index contributed by atoms with van der Waals surface area (Å²) < 4.78 is 22.1. The molecule has 0 bridgehead atoms. The Labute approximate surface area is 186 Å². The summed E-state index contributed by atoms with van der Waals surface area (Å²) in [5, 5.41) is 1.97. The highest BCUT2D eigenvalue weighted by molar-refractivity contribution is 7.18. The van der Waals surface area contributed by atoms with Crippen LogP contribution in [0.3, 0.4) is 0 Å². The van der Waals surface area contributed by atoms with Crippen molar-refractivity contribution >= 4 is 44.9 Å². The molecule has 0 atom stereocenters. The molecule has 1 heterocycles. The fourth-order valence-corrected chi connectivity index (χ4v) is 4.94. The topological polar surface area (TPSA) is 105 Å². The van der Waals surface area contributed by atoms with Crippen molar-refractivity contribution in [3.8, 4) is 11.5 Å². The number of hydrogen-bond donors (Lipinski definition) is 0. The summed E-state index contributed by atoms with van der Waals surface area (Å²) in [6, 6.07) is 6.52. The van der Waals surface area contributed by atoms with Gasteiger partial charge in [-0.25, -0.2) is 0 Å². The van der Waals surface area contributed by atoms with Crippen molar-refractivity contribution in [1.82, 2.24) is 0 Å². The Morgan fingerprint density at radius 1 is 0.844 bits per heavy atom. The molecule has 8 nitrogen and oxygen atoms in total. The second kappa shape index (κ2) is 8.08. The lowest BCUT2D eigenvalue weighted by Crippen LogP contribution is -2.23. The van der Waals surface area contributed by atoms with E-state index in [1.165, 1.54) is 39.4 Å². The van der Waals surface area contributed by atoms with Crippen LogP contribution in [-0.2, 0) is 19.1 Å². The zero-order chi connectivity index (χ0) is 23.2. The SMILES string of the molecule is COc1c2c(c(OC)c3c(C(OC(C)=O)OC(C)=O)csc13)C(=O)c1ccccc1C2=O. The van der Waals surface area contributed by atoms with Crippen LogP contribution in [0, 0.1) is 0 Å². The van der Waals surface area contributed by atoms with Gasteiger partial charge in [0.2, 0.25) is 0 Å². The number of ether oxygens (including phenoxy) is 4. The zero-order valence-electron chi connectivity index (χ0n) is 17.6. The van der Waals surface area contributed by atoms with Crippen molar-refractivity contribution in [2.24, 2.45) is 0 Å². The molecule has 2 aromatic carbocycles. The molecule has 0 unspecified atom stereocenters. The summed E-state index contributed by atoms with van der Waals surface area (Å²) in [5.74, 6) is -1.78. The number of carbonyl (C=O) groups is 4. The molecule has 0 saturated carbocycles. The molecule has 0 aliphatic heterocycles. The molecule has 0 N–H and O–H groups in total. The Morgan fingerprint density at radius 2 is 1.34 bits per heavy atom. The highest BCUT2D eigenvalue weighted by Crippen LogP contribution is 2.50. The van der Waals surface area contributed by atoms with Crippen LogP contribution in [-0.4, -0.2) is 37.7 Å². The average Bonchev–Trinajstić information content (AvgIpc) is 3.19. The lowest BCUT2D eigenvalue weighted by molar-refractivity contribution is -0.186. The maximum atomic E-state index is 13.4. The van der Waals surface area contributed by atoms with E-state index in [0.717, 1.165) is 0 Å². The van der Waals surface area contributed by atoms with Gasteiger partial charge in [0, 0.05) is 35.7 Å². The molecule has 164 valence electrons. The molecule has 1 aromatic heterocycles. The first-order valence-corrected chi connectivity index (χ1v) is 10.4. The largest absolute Gasteiger partial charge is 0.495 e. The van der Waals surface area contributed by atoms with Gasteiger partial charge in [0.15, 0.2) is 11.6 Å². The Bertz CT molecular complexity index is 1290. The number of fused-ring (bicyclic) bond motifs is 3. The Hall–Kier alpha value is -3.72. The smallest absolute Gasteiger partial charge is 0.305 e. The summed E-state index contributed by atoms with van der Waals surface area (Å²) in [4.78, 5) is 50.1. The van der Waals surface area contributed by atoms with Crippen LogP contribution in [0.2, 0.25) is 0 Å². The van der Waals surface area contributed by atoms with Crippen LogP contribution in [0.25, 0.3) is 10.1 Å². The van der Waals surface area contributed by atoms with Crippen LogP contribution in [0.1, 0.15) is 57.5 Å². The summed E-state index contributed by atoms with van der Waals surface area (Å²) in [6.07, 6.45) is -1.36. The normalized spacial score (nSPS) is 12.4. The van der Waals surface area contributed by atoms with Crippen LogP contribution in [0.4, 0.5) is 0 Å². The second-order valence-electron chi connectivity index (χ2n) is 6.97. The predicted molar refractivity (Wildman–Crippen MR) is 115 cm³/mol. The van der Waals surface area contributed by atoms with Gasteiger partial charge in [-0.05, 0) is 0 Å². The summed E-state index contributed by atoms with van der Waals surface area (Å²) in [6.45, 7) is 2.37. The number of hydrogen-bond acceptors (Lipinski definition) is 9. The maximum absolute atomic E-state index is 13.4. The van der Waals surface area contributed by atoms with Crippen molar-refractivity contribution in [1.29, 1.82) is 0 Å². The van der Waals surface area contributed by atoms with Gasteiger partial charge in [0.25, 0.3) is 6.29 Å². The van der Waals surface area contributed by atoms with Gasteiger partial charge in [-0.15, -0.1) is 11.3 Å². The van der Waals surface area contributed by atoms with Crippen LogP contribution in [0.15, 0.2) is 29.6 Å². The molecule has 9 heteroatoms. The van der Waals surface area contributed by atoms with Crippen molar-refractivity contribution in [3.63, 3.8) is 0 Å². The van der Waals surface area contributed by atoms with Gasteiger partial charge < -0.3 is 18.9 Å². The van der Waals surface area contributed by atoms with Crippen LogP contribution >= 0.6 is 11.3 Å². The Morgan fingerprint density at radius 3 is 1.81 bits per heavy atom. The monoisotopic (exact) mass is 454 g/mol. The number of ketones is 2. The molecule has 0 saturated heterocycles. The maximum Gasteiger partial charge on any atom is 0.305 e. The van der Waals surface area contributed by atoms with E-state index >= 15 is 0 Å². The van der Waals surface area contributed by atoms with Gasteiger partial charge in [-0.2, -0.15) is 0 Å². The zero-order valence-corrected chi connectivity index (χ0v) is 18.5. The minimum Gasteiger partial charge on any atom is -0.495 e. The Kier molecular flexibility index (Phi) is 5.43. The minimum absolute atomic E-state index is 0.0459. The van der Waals surface area contributed by atoms with Crippen molar-refractivity contribution in [2.75, 3.05) is 14.2 Å². The third kappa shape index (κ3) is 3.21. The average molecular weight is 454 g/mol. The molecule has 3 aromatic rings. The lowest BCUT2D eigenvalue weighted by atomic mass is 9.82. The molecule has 0 spiro atoms. The van der Waals surface area contributed by atoms with Crippen LogP contribution in [0.5, 0.6) is 11.5 Å². The highest BCUT2D eigenvalue weighted by atomic mass is 32.1. The molecular weight excluding hydrogens is 436 g/mol. The molecule has 0 amide bonds. The van der Waals surface area contributed by atoms with E-state index in [1.807, 2.05) is 0 Å². The first-order valence-electron chi connectivity index (χ1n) is 9.52. The molecule has 0 fully saturated rings. The van der Waals surface area contributed by atoms with Crippen LogP contribution < -0.4 is 9.47 Å². The highest BCUT2D eigenvalue weighted by Gasteiger charge is 2.39. The quantitative estimate of drug-likeness (QED) is 0.331. The fourth-order valence-electron chi connectivity index (χ4n) is 3.84. The number of rotatable bonds is 5. The first-order chi connectivity index (χ1) is 15.3. The van der Waals surface area contributed by atoms with E-state index in [2.05, 4.69) is 0 Å². The van der Waals surface area contributed by atoms with E-state index < -0.39 is 24.0 Å². The number of thiophene rings is 1. The van der Waals surface area contributed by atoms with Gasteiger partial charge >= 0.3 is 11.9 Å². The lowest BCUT2D eigenvalue weighted by Gasteiger charge is -2.24. The van der Waals surface area contributed by atoms with Gasteiger partial charge in [0.05, 0.1) is 35.6 Å². The molecule has 1 aliphatic carbocycles. The third-order valence-corrected chi connectivity index (χ3v) is 6.03. The minimum atomic E-state index is -1.36.